The molecule has 144 valence electrons. The molecular weight excluding hydrogens is 467 g/mol. The maximum absolute atomic E-state index is 13.1. The zero-order valence-electron chi connectivity index (χ0n) is 14.1. The predicted molar refractivity (Wildman–Crippen MR) is 99.5 cm³/mol. The molecule has 0 unspecified atom stereocenters. The van der Waals surface area contributed by atoms with Crippen LogP contribution in [0.25, 0.3) is 0 Å². The van der Waals surface area contributed by atoms with E-state index in [9.17, 15) is 17.6 Å². The summed E-state index contributed by atoms with van der Waals surface area (Å²) < 4.78 is 53.9. The van der Waals surface area contributed by atoms with Gasteiger partial charge < -0.3 is 15.2 Å². The number of aliphatic imine (C=N–C) groups is 1. The summed E-state index contributed by atoms with van der Waals surface area (Å²) in [4.78, 5) is 4.13. The summed E-state index contributed by atoms with van der Waals surface area (Å²) in [5.41, 5.74) is -1.13. The molecule has 26 heavy (non-hydrogen) atoms. The van der Waals surface area contributed by atoms with Gasteiger partial charge in [-0.15, -0.1) is 34.2 Å². The van der Waals surface area contributed by atoms with E-state index in [0.29, 0.717) is 30.9 Å². The van der Waals surface area contributed by atoms with Crippen molar-refractivity contribution in [2.45, 2.75) is 26.2 Å². The third-order valence-corrected chi connectivity index (χ3v) is 3.35. The minimum Gasteiger partial charge on any atom is -0.357 e. The normalized spacial score (nSPS) is 11.8. The van der Waals surface area contributed by atoms with E-state index in [2.05, 4.69) is 25.8 Å². The average molecular weight is 486 g/mol. The number of nitrogens with one attached hydrogen (secondary N) is 2. The summed E-state index contributed by atoms with van der Waals surface area (Å²) in [6.07, 6.45) is -3.10. The maximum Gasteiger partial charge on any atom is 0.416 e. The Balaban J connectivity index is 0.00000338. The first-order chi connectivity index (χ1) is 11.8. The lowest BCUT2D eigenvalue weighted by Gasteiger charge is -2.13. The fraction of sp³-hybridized carbons (Fsp3) is 0.400. The highest BCUT2D eigenvalue weighted by Crippen LogP contribution is 2.32. The van der Waals surface area contributed by atoms with Crippen LogP contribution in [-0.2, 0) is 26.3 Å². The van der Waals surface area contributed by atoms with Gasteiger partial charge in [-0.3, -0.25) is 0 Å². The Morgan fingerprint density at radius 1 is 1.27 bits per heavy atom. The van der Waals surface area contributed by atoms with Crippen molar-refractivity contribution in [2.75, 3.05) is 6.54 Å². The molecule has 1 aromatic heterocycles. The lowest BCUT2D eigenvalue weighted by atomic mass is 10.1. The van der Waals surface area contributed by atoms with E-state index < -0.39 is 17.6 Å². The van der Waals surface area contributed by atoms with Crippen molar-refractivity contribution in [2.24, 2.45) is 12.0 Å². The topological polar surface area (TPSA) is 67.1 Å². The van der Waals surface area contributed by atoms with Crippen LogP contribution in [0.5, 0.6) is 0 Å². The van der Waals surface area contributed by atoms with E-state index in [1.165, 1.54) is 6.33 Å². The van der Waals surface area contributed by atoms with Gasteiger partial charge in [-0.25, -0.2) is 9.38 Å². The van der Waals surface area contributed by atoms with E-state index in [1.807, 2.05) is 6.92 Å². The number of hydrogen-bond acceptors (Lipinski definition) is 3. The zero-order valence-corrected chi connectivity index (χ0v) is 16.5. The third-order valence-electron chi connectivity index (χ3n) is 3.35. The molecule has 6 nitrogen and oxygen atoms in total. The second-order valence-electron chi connectivity index (χ2n) is 5.21. The van der Waals surface area contributed by atoms with Gasteiger partial charge in [0.15, 0.2) is 11.8 Å². The molecule has 1 aromatic carbocycles. The standard InChI is InChI=1S/C15H18F4N6.HI/c1-3-20-14(22-8-13-24-23-9-25(13)2)21-7-10-4-5-11(16)6-12(10)15(17,18)19;/h4-6,9H,3,7-8H2,1-2H3,(H2,20,21,22);1H. The number of hydrogen-bond donors (Lipinski definition) is 2. The predicted octanol–water partition coefficient (Wildman–Crippen LogP) is 2.85. The van der Waals surface area contributed by atoms with Gasteiger partial charge in [-0.05, 0) is 24.6 Å². The van der Waals surface area contributed by atoms with Crippen molar-refractivity contribution >= 4 is 29.9 Å². The Hall–Kier alpha value is -1.92. The fourth-order valence-electron chi connectivity index (χ4n) is 2.09. The Morgan fingerprint density at radius 3 is 2.58 bits per heavy atom. The molecule has 1 heterocycles. The Morgan fingerprint density at radius 2 is 2.00 bits per heavy atom. The van der Waals surface area contributed by atoms with Crippen molar-refractivity contribution in [1.82, 2.24) is 25.4 Å². The summed E-state index contributed by atoms with van der Waals surface area (Å²) >= 11 is 0. The summed E-state index contributed by atoms with van der Waals surface area (Å²) in [6.45, 7) is 2.42. The SMILES string of the molecule is CCNC(=NCc1ccc(F)cc1C(F)(F)F)NCc1nncn1C.I. The van der Waals surface area contributed by atoms with Crippen molar-refractivity contribution in [3.63, 3.8) is 0 Å². The minimum atomic E-state index is -4.64. The van der Waals surface area contributed by atoms with Crippen LogP contribution in [0.3, 0.4) is 0 Å². The van der Waals surface area contributed by atoms with Crippen LogP contribution in [0.2, 0.25) is 0 Å². The molecule has 0 saturated carbocycles. The van der Waals surface area contributed by atoms with Crippen LogP contribution < -0.4 is 10.6 Å². The number of benzene rings is 1. The number of aromatic nitrogens is 3. The quantitative estimate of drug-likeness (QED) is 0.296. The lowest BCUT2D eigenvalue weighted by molar-refractivity contribution is -0.138. The smallest absolute Gasteiger partial charge is 0.357 e. The molecule has 0 saturated heterocycles. The van der Waals surface area contributed by atoms with Gasteiger partial charge in [0.1, 0.15) is 12.1 Å². The Labute approximate surface area is 165 Å². The number of halogens is 5. The van der Waals surface area contributed by atoms with E-state index >= 15 is 0 Å². The van der Waals surface area contributed by atoms with Crippen LogP contribution >= 0.6 is 24.0 Å². The first kappa shape index (κ1) is 22.1. The Kier molecular flexibility index (Phi) is 8.24. The van der Waals surface area contributed by atoms with Crippen LogP contribution in [-0.4, -0.2) is 27.3 Å². The molecule has 2 aromatic rings. The van der Waals surface area contributed by atoms with Gasteiger partial charge in [0.2, 0.25) is 0 Å². The van der Waals surface area contributed by atoms with Crippen LogP contribution in [0, 0.1) is 5.82 Å². The number of alkyl halides is 3. The highest BCUT2D eigenvalue weighted by Gasteiger charge is 2.33. The molecule has 0 radical (unpaired) electrons. The molecule has 0 aliphatic rings. The molecule has 0 bridgehead atoms. The minimum absolute atomic E-state index is 0. The number of guanidine groups is 1. The van der Waals surface area contributed by atoms with Crippen molar-refractivity contribution in [3.05, 3.63) is 47.3 Å². The third kappa shape index (κ3) is 6.11. The highest BCUT2D eigenvalue weighted by molar-refractivity contribution is 14.0. The molecule has 2 N–H and O–H groups in total. The van der Waals surface area contributed by atoms with Gasteiger partial charge in [-0.2, -0.15) is 13.2 Å². The van der Waals surface area contributed by atoms with Gasteiger partial charge >= 0.3 is 6.18 Å². The summed E-state index contributed by atoms with van der Waals surface area (Å²) in [6, 6.07) is 2.55. The Bertz CT molecular complexity index is 744. The van der Waals surface area contributed by atoms with E-state index in [0.717, 1.165) is 12.1 Å². The van der Waals surface area contributed by atoms with Gasteiger partial charge in [0, 0.05) is 13.6 Å². The zero-order chi connectivity index (χ0) is 18.4. The van der Waals surface area contributed by atoms with Crippen LogP contribution in [0.15, 0.2) is 29.5 Å². The van der Waals surface area contributed by atoms with Crippen molar-refractivity contribution in [1.29, 1.82) is 0 Å². The first-order valence-electron chi connectivity index (χ1n) is 7.52. The number of aryl methyl sites for hydroxylation is 1. The molecule has 2 rings (SSSR count). The molecule has 0 atom stereocenters. The summed E-state index contributed by atoms with van der Waals surface area (Å²) in [5, 5.41) is 13.5. The second kappa shape index (κ2) is 9.69. The number of nitrogens with zero attached hydrogens (tertiary/aromatic N) is 4. The van der Waals surface area contributed by atoms with Gasteiger partial charge in [0.25, 0.3) is 0 Å². The van der Waals surface area contributed by atoms with Crippen molar-refractivity contribution in [3.8, 4) is 0 Å². The highest BCUT2D eigenvalue weighted by atomic mass is 127. The van der Waals surface area contributed by atoms with Crippen LogP contribution in [0.1, 0.15) is 23.9 Å². The van der Waals surface area contributed by atoms with E-state index in [4.69, 9.17) is 0 Å². The largest absolute Gasteiger partial charge is 0.416 e. The average Bonchev–Trinajstić information content (AvgIpc) is 2.95. The molecular formula is C15H19F4IN6. The molecule has 0 spiro atoms. The molecule has 0 amide bonds. The monoisotopic (exact) mass is 486 g/mol. The van der Waals surface area contributed by atoms with E-state index in [1.54, 1.807) is 11.6 Å². The van der Waals surface area contributed by atoms with E-state index in [-0.39, 0.29) is 36.1 Å². The molecule has 11 heteroatoms. The molecule has 0 aliphatic heterocycles. The lowest BCUT2D eigenvalue weighted by Crippen LogP contribution is -2.37. The second-order valence-corrected chi connectivity index (χ2v) is 5.21. The fourth-order valence-corrected chi connectivity index (χ4v) is 2.09. The van der Waals surface area contributed by atoms with Gasteiger partial charge in [-0.1, -0.05) is 6.07 Å². The van der Waals surface area contributed by atoms with Gasteiger partial charge in [0.05, 0.1) is 18.7 Å². The van der Waals surface area contributed by atoms with Crippen molar-refractivity contribution < 1.29 is 17.6 Å². The molecule has 0 fully saturated rings. The maximum atomic E-state index is 13.1. The summed E-state index contributed by atoms with van der Waals surface area (Å²) in [5.74, 6) is 0.0266. The number of rotatable bonds is 5. The summed E-state index contributed by atoms with van der Waals surface area (Å²) in [7, 11) is 1.77. The first-order valence-corrected chi connectivity index (χ1v) is 7.52. The molecule has 0 aliphatic carbocycles. The van der Waals surface area contributed by atoms with Crippen LogP contribution in [0.4, 0.5) is 17.6 Å².